The van der Waals surface area contributed by atoms with Gasteiger partial charge in [0.1, 0.15) is 24.0 Å². The molecule has 0 atom stereocenters. The summed E-state index contributed by atoms with van der Waals surface area (Å²) in [7, 11) is 0. The van der Waals surface area contributed by atoms with E-state index in [-0.39, 0.29) is 10.8 Å². The first kappa shape index (κ1) is 39.1. The first-order valence-corrected chi connectivity index (χ1v) is 21.7. The molecule has 0 bridgehead atoms. The van der Waals surface area contributed by atoms with E-state index in [9.17, 15) is 0 Å². The Labute approximate surface area is 365 Å². The number of rotatable bonds is 10. The molecular weight excluding hydrogens is 757 g/mol. The summed E-state index contributed by atoms with van der Waals surface area (Å²) in [6.45, 7) is 14.5. The normalized spacial score (nSPS) is 13.0. The molecule has 0 aliphatic carbocycles. The molecule has 0 saturated carbocycles. The van der Waals surface area contributed by atoms with Crippen LogP contribution in [0.5, 0.6) is 11.5 Å². The standard InChI is InChI=1S/C57H52N4O/c1-39(2)40-31-45(36-48(32-40)62-47-28-29-50-49-23-13-14-24-51(49)61(54(50)37-47)55-27-17-18-30-58-55)59-38-60(53-26-16-15-25-52(53)59)46-34-43(56(3,4)41-19-9-7-10-20-41)33-44(35-46)57(5,6)42-21-11-8-12-22-42/h7-37,39H,38H2,1-6H3. The number of aromatic nitrogens is 2. The van der Waals surface area contributed by atoms with Crippen molar-refractivity contribution in [3.8, 4) is 17.3 Å². The van der Waals surface area contributed by atoms with Gasteiger partial charge in [-0.15, -0.1) is 0 Å². The molecule has 0 N–H and O–H groups in total. The van der Waals surface area contributed by atoms with Crippen molar-refractivity contribution >= 4 is 44.6 Å². The van der Waals surface area contributed by atoms with Crippen LogP contribution in [0.25, 0.3) is 27.6 Å². The van der Waals surface area contributed by atoms with Crippen molar-refractivity contribution in [1.29, 1.82) is 0 Å². The fourth-order valence-corrected chi connectivity index (χ4v) is 9.22. The van der Waals surface area contributed by atoms with Crippen molar-refractivity contribution in [2.75, 3.05) is 16.5 Å². The van der Waals surface area contributed by atoms with Crippen molar-refractivity contribution in [3.05, 3.63) is 216 Å². The second-order valence-corrected chi connectivity index (χ2v) is 18.0. The van der Waals surface area contributed by atoms with Gasteiger partial charge in [0, 0.05) is 51.3 Å². The minimum Gasteiger partial charge on any atom is -0.457 e. The molecule has 2 aromatic heterocycles. The molecule has 0 unspecified atom stereocenters. The van der Waals surface area contributed by atoms with Crippen LogP contribution in [-0.2, 0) is 10.8 Å². The molecule has 0 amide bonds. The predicted octanol–water partition coefficient (Wildman–Crippen LogP) is 15.0. The summed E-state index contributed by atoms with van der Waals surface area (Å²) in [5.41, 5.74) is 12.7. The molecule has 306 valence electrons. The van der Waals surface area contributed by atoms with Crippen molar-refractivity contribution in [2.45, 2.75) is 58.3 Å². The van der Waals surface area contributed by atoms with Crippen molar-refractivity contribution < 1.29 is 4.74 Å². The Bertz CT molecular complexity index is 2990. The monoisotopic (exact) mass is 808 g/mol. The summed E-state index contributed by atoms with van der Waals surface area (Å²) < 4.78 is 9.11. The van der Waals surface area contributed by atoms with Crippen LogP contribution in [0.15, 0.2) is 188 Å². The zero-order valence-corrected chi connectivity index (χ0v) is 36.4. The van der Waals surface area contributed by atoms with Gasteiger partial charge >= 0.3 is 0 Å². The Morgan fingerprint density at radius 1 is 0.484 bits per heavy atom. The number of anilines is 4. The SMILES string of the molecule is CC(C)c1cc(Oc2ccc3c4ccccc4n(-c4ccccn4)c3c2)cc(N2CN(c3cc(C(C)(C)c4ccccc4)cc(C(C)(C)c4ccccc4)c3)c3ccccc32)c1. The Morgan fingerprint density at radius 2 is 1.05 bits per heavy atom. The van der Waals surface area contributed by atoms with E-state index in [4.69, 9.17) is 9.72 Å². The van der Waals surface area contributed by atoms with Crippen LogP contribution in [0.4, 0.5) is 22.7 Å². The van der Waals surface area contributed by atoms with Crippen LogP contribution >= 0.6 is 0 Å². The largest absolute Gasteiger partial charge is 0.457 e. The molecule has 0 fully saturated rings. The van der Waals surface area contributed by atoms with E-state index in [0.717, 1.165) is 45.1 Å². The van der Waals surface area contributed by atoms with Crippen molar-refractivity contribution in [1.82, 2.24) is 9.55 Å². The van der Waals surface area contributed by atoms with E-state index in [1.807, 2.05) is 18.3 Å². The van der Waals surface area contributed by atoms with E-state index in [0.29, 0.717) is 12.6 Å². The molecular formula is C57H52N4O. The van der Waals surface area contributed by atoms with Crippen LogP contribution in [-0.4, -0.2) is 16.2 Å². The zero-order valence-electron chi connectivity index (χ0n) is 36.4. The number of ether oxygens (including phenoxy) is 1. The summed E-state index contributed by atoms with van der Waals surface area (Å²) >= 11 is 0. The van der Waals surface area contributed by atoms with Crippen LogP contribution in [0.1, 0.15) is 75.3 Å². The average molecular weight is 809 g/mol. The van der Waals surface area contributed by atoms with Crippen LogP contribution in [0, 0.1) is 0 Å². The van der Waals surface area contributed by atoms with Gasteiger partial charge in [0.15, 0.2) is 0 Å². The van der Waals surface area contributed by atoms with Gasteiger partial charge in [-0.1, -0.05) is 145 Å². The lowest BCUT2D eigenvalue weighted by atomic mass is 9.73. The summed E-state index contributed by atoms with van der Waals surface area (Å²) in [5, 5.41) is 2.35. The molecule has 0 radical (unpaired) electrons. The van der Waals surface area contributed by atoms with Gasteiger partial charge in [0.25, 0.3) is 0 Å². The summed E-state index contributed by atoms with van der Waals surface area (Å²) in [6.07, 6.45) is 1.85. The van der Waals surface area contributed by atoms with Gasteiger partial charge in [0.2, 0.25) is 0 Å². The third-order valence-corrected chi connectivity index (χ3v) is 13.1. The van der Waals surface area contributed by atoms with Gasteiger partial charge in [-0.2, -0.15) is 0 Å². The highest BCUT2D eigenvalue weighted by atomic mass is 16.5. The smallest absolute Gasteiger partial charge is 0.137 e. The van der Waals surface area contributed by atoms with Crippen LogP contribution in [0.2, 0.25) is 0 Å². The Balaban J connectivity index is 1.06. The summed E-state index contributed by atoms with van der Waals surface area (Å²) in [5.74, 6) is 2.75. The number of hydrogen-bond acceptors (Lipinski definition) is 4. The quantitative estimate of drug-likeness (QED) is 0.138. The third-order valence-electron chi connectivity index (χ3n) is 13.1. The molecule has 9 aromatic rings. The molecule has 1 aliphatic rings. The third kappa shape index (κ3) is 6.88. The van der Waals surface area contributed by atoms with Gasteiger partial charge in [-0.05, 0) is 100 Å². The molecule has 10 rings (SSSR count). The maximum Gasteiger partial charge on any atom is 0.137 e. The van der Waals surface area contributed by atoms with E-state index in [2.05, 4.69) is 226 Å². The zero-order chi connectivity index (χ0) is 42.6. The average Bonchev–Trinajstić information content (AvgIpc) is 3.86. The first-order valence-electron chi connectivity index (χ1n) is 21.7. The number of pyridine rings is 1. The fourth-order valence-electron chi connectivity index (χ4n) is 9.22. The molecule has 0 spiro atoms. The number of para-hydroxylation sites is 3. The minimum atomic E-state index is -0.232. The molecule has 3 heterocycles. The second-order valence-electron chi connectivity index (χ2n) is 18.0. The number of benzene rings is 7. The summed E-state index contributed by atoms with van der Waals surface area (Å²) in [4.78, 5) is 9.66. The van der Waals surface area contributed by atoms with Gasteiger partial charge < -0.3 is 14.5 Å². The molecule has 0 saturated heterocycles. The summed E-state index contributed by atoms with van der Waals surface area (Å²) in [6, 6.07) is 65.6. The Kier molecular flexibility index (Phi) is 9.71. The first-order chi connectivity index (χ1) is 30.1. The molecule has 5 nitrogen and oxygen atoms in total. The lowest BCUT2D eigenvalue weighted by molar-refractivity contribution is 0.482. The maximum atomic E-state index is 6.88. The molecule has 62 heavy (non-hydrogen) atoms. The molecule has 7 aromatic carbocycles. The van der Waals surface area contributed by atoms with Crippen LogP contribution < -0.4 is 14.5 Å². The van der Waals surface area contributed by atoms with Gasteiger partial charge in [-0.25, -0.2) is 4.98 Å². The van der Waals surface area contributed by atoms with E-state index in [1.165, 1.54) is 44.6 Å². The van der Waals surface area contributed by atoms with Crippen LogP contribution in [0.3, 0.4) is 0 Å². The van der Waals surface area contributed by atoms with E-state index >= 15 is 0 Å². The number of fused-ring (bicyclic) bond motifs is 4. The highest BCUT2D eigenvalue weighted by Gasteiger charge is 2.33. The van der Waals surface area contributed by atoms with Crippen molar-refractivity contribution in [3.63, 3.8) is 0 Å². The lowest BCUT2D eigenvalue weighted by Gasteiger charge is -2.33. The predicted molar refractivity (Wildman–Crippen MR) is 258 cm³/mol. The van der Waals surface area contributed by atoms with Gasteiger partial charge in [-0.3, -0.25) is 4.57 Å². The molecule has 1 aliphatic heterocycles. The fraction of sp³-hybridized carbons (Fsp3) is 0.175. The van der Waals surface area contributed by atoms with E-state index in [1.54, 1.807) is 0 Å². The topological polar surface area (TPSA) is 33.5 Å². The van der Waals surface area contributed by atoms with Gasteiger partial charge in [0.05, 0.1) is 22.4 Å². The van der Waals surface area contributed by atoms with Crippen molar-refractivity contribution in [2.24, 2.45) is 0 Å². The Hall–Kier alpha value is -7.11. The minimum absolute atomic E-state index is 0.232. The molecule has 5 heteroatoms. The highest BCUT2D eigenvalue weighted by molar-refractivity contribution is 6.09. The lowest BCUT2D eigenvalue weighted by Crippen LogP contribution is -2.27. The number of nitrogens with zero attached hydrogens (tertiary/aromatic N) is 4. The maximum absolute atomic E-state index is 6.88. The van der Waals surface area contributed by atoms with E-state index < -0.39 is 0 Å². The highest BCUT2D eigenvalue weighted by Crippen LogP contribution is 2.48. The second kappa shape index (κ2) is 15.4. The number of hydrogen-bond donors (Lipinski definition) is 0. The Morgan fingerprint density at radius 3 is 1.66 bits per heavy atom.